The lowest BCUT2D eigenvalue weighted by atomic mass is 10.0. The number of aldehydes is 1. The van der Waals surface area contributed by atoms with Gasteiger partial charge in [-0.1, -0.05) is 48.5 Å². The second-order valence-corrected chi connectivity index (χ2v) is 4.37. The SMILES string of the molecule is O=C[C@@H]1OC(c2ccccc2)=N[C@H]1c1ccccc1. The number of aliphatic imine (C=N–C) groups is 1. The summed E-state index contributed by atoms with van der Waals surface area (Å²) in [6.45, 7) is 0. The average molecular weight is 251 g/mol. The maximum Gasteiger partial charge on any atom is 0.217 e. The van der Waals surface area contributed by atoms with Crippen LogP contribution in [0, 0.1) is 0 Å². The summed E-state index contributed by atoms with van der Waals surface area (Å²) in [4.78, 5) is 15.7. The zero-order valence-corrected chi connectivity index (χ0v) is 10.3. The predicted molar refractivity (Wildman–Crippen MR) is 73.1 cm³/mol. The van der Waals surface area contributed by atoms with Crippen LogP contribution in [0.1, 0.15) is 17.2 Å². The third-order valence-electron chi connectivity index (χ3n) is 3.11. The Balaban J connectivity index is 1.96. The number of rotatable bonds is 3. The first kappa shape index (κ1) is 11.7. The molecule has 2 aromatic carbocycles. The molecule has 0 amide bonds. The van der Waals surface area contributed by atoms with Crippen LogP contribution in [0.15, 0.2) is 65.7 Å². The number of ether oxygens (including phenoxy) is 1. The van der Waals surface area contributed by atoms with Crippen LogP contribution in [-0.2, 0) is 9.53 Å². The minimum absolute atomic E-state index is 0.256. The average Bonchev–Trinajstić information content (AvgIpc) is 2.93. The Morgan fingerprint density at radius 2 is 1.58 bits per heavy atom. The van der Waals surface area contributed by atoms with Crippen molar-refractivity contribution < 1.29 is 9.53 Å². The first-order valence-corrected chi connectivity index (χ1v) is 6.18. The van der Waals surface area contributed by atoms with Gasteiger partial charge < -0.3 is 4.74 Å². The standard InChI is InChI=1S/C16H13NO2/c18-11-14-15(12-7-3-1-4-8-12)17-16(19-14)13-9-5-2-6-10-13/h1-11,14-15H/t14-,15-/m0/s1. The molecule has 0 aromatic heterocycles. The minimum Gasteiger partial charge on any atom is -0.464 e. The van der Waals surface area contributed by atoms with Crippen molar-refractivity contribution in [2.24, 2.45) is 4.99 Å². The second-order valence-electron chi connectivity index (χ2n) is 4.37. The summed E-state index contributed by atoms with van der Waals surface area (Å²) in [6.07, 6.45) is 0.273. The first-order chi connectivity index (χ1) is 9.38. The molecule has 0 spiro atoms. The van der Waals surface area contributed by atoms with E-state index in [-0.39, 0.29) is 6.04 Å². The van der Waals surface area contributed by atoms with E-state index >= 15 is 0 Å². The van der Waals surface area contributed by atoms with E-state index in [0.29, 0.717) is 5.90 Å². The van der Waals surface area contributed by atoms with E-state index in [1.54, 1.807) is 0 Å². The predicted octanol–water partition coefficient (Wildman–Crippen LogP) is 2.77. The number of hydrogen-bond donors (Lipinski definition) is 0. The van der Waals surface area contributed by atoms with E-state index in [1.807, 2.05) is 60.7 Å². The van der Waals surface area contributed by atoms with Gasteiger partial charge >= 0.3 is 0 Å². The monoisotopic (exact) mass is 251 g/mol. The number of hydrogen-bond acceptors (Lipinski definition) is 3. The summed E-state index contributed by atoms with van der Waals surface area (Å²) in [5.41, 5.74) is 1.89. The highest BCUT2D eigenvalue weighted by Crippen LogP contribution is 2.29. The lowest BCUT2D eigenvalue weighted by Crippen LogP contribution is -2.18. The Bertz CT molecular complexity index is 593. The van der Waals surface area contributed by atoms with Crippen LogP contribution >= 0.6 is 0 Å². The normalized spacial score (nSPS) is 21.6. The summed E-state index contributed by atoms with van der Waals surface area (Å²) < 4.78 is 5.65. The maximum atomic E-state index is 11.2. The van der Waals surface area contributed by atoms with Gasteiger partial charge in [0.25, 0.3) is 0 Å². The summed E-state index contributed by atoms with van der Waals surface area (Å²) in [6, 6.07) is 19.1. The van der Waals surface area contributed by atoms with Gasteiger partial charge in [0.2, 0.25) is 5.90 Å². The molecule has 2 aromatic rings. The van der Waals surface area contributed by atoms with Gasteiger partial charge in [0.15, 0.2) is 12.4 Å². The highest BCUT2D eigenvalue weighted by atomic mass is 16.5. The van der Waals surface area contributed by atoms with E-state index in [2.05, 4.69) is 4.99 Å². The fourth-order valence-corrected chi connectivity index (χ4v) is 2.16. The van der Waals surface area contributed by atoms with E-state index < -0.39 is 6.10 Å². The van der Waals surface area contributed by atoms with Crippen molar-refractivity contribution in [2.45, 2.75) is 12.1 Å². The van der Waals surface area contributed by atoms with Gasteiger partial charge in [0, 0.05) is 5.56 Å². The molecule has 2 atom stereocenters. The van der Waals surface area contributed by atoms with E-state index in [1.165, 1.54) is 0 Å². The van der Waals surface area contributed by atoms with Gasteiger partial charge in [0.05, 0.1) is 0 Å². The Morgan fingerprint density at radius 1 is 0.947 bits per heavy atom. The van der Waals surface area contributed by atoms with Crippen molar-refractivity contribution in [3.05, 3.63) is 71.8 Å². The Labute approximate surface area is 111 Å². The van der Waals surface area contributed by atoms with Gasteiger partial charge in [-0.2, -0.15) is 0 Å². The fraction of sp³-hybridized carbons (Fsp3) is 0.125. The van der Waals surface area contributed by atoms with Crippen molar-refractivity contribution in [1.29, 1.82) is 0 Å². The molecule has 0 saturated carbocycles. The van der Waals surface area contributed by atoms with Gasteiger partial charge in [-0.05, 0) is 17.7 Å². The molecular formula is C16H13NO2. The molecule has 0 radical (unpaired) electrons. The Morgan fingerprint density at radius 3 is 2.21 bits per heavy atom. The van der Waals surface area contributed by atoms with Crippen LogP contribution in [0.2, 0.25) is 0 Å². The van der Waals surface area contributed by atoms with E-state index in [0.717, 1.165) is 17.4 Å². The zero-order valence-electron chi connectivity index (χ0n) is 10.3. The largest absolute Gasteiger partial charge is 0.464 e. The molecule has 0 aliphatic carbocycles. The third-order valence-corrected chi connectivity index (χ3v) is 3.11. The topological polar surface area (TPSA) is 38.7 Å². The fourth-order valence-electron chi connectivity index (χ4n) is 2.16. The Kier molecular flexibility index (Phi) is 3.11. The van der Waals surface area contributed by atoms with Crippen molar-refractivity contribution in [2.75, 3.05) is 0 Å². The summed E-state index contributed by atoms with van der Waals surface area (Å²) >= 11 is 0. The zero-order chi connectivity index (χ0) is 13.1. The van der Waals surface area contributed by atoms with Crippen molar-refractivity contribution in [1.82, 2.24) is 0 Å². The van der Waals surface area contributed by atoms with Gasteiger partial charge in [0.1, 0.15) is 6.04 Å². The lowest BCUT2D eigenvalue weighted by molar-refractivity contribution is -0.114. The van der Waals surface area contributed by atoms with Gasteiger partial charge in [-0.15, -0.1) is 0 Å². The van der Waals surface area contributed by atoms with Crippen LogP contribution in [0.4, 0.5) is 0 Å². The number of carbonyl (C=O) groups is 1. The van der Waals surface area contributed by atoms with E-state index in [4.69, 9.17) is 4.74 Å². The maximum absolute atomic E-state index is 11.2. The first-order valence-electron chi connectivity index (χ1n) is 6.18. The molecule has 1 heterocycles. The number of benzene rings is 2. The molecule has 3 heteroatoms. The molecule has 3 nitrogen and oxygen atoms in total. The molecule has 19 heavy (non-hydrogen) atoms. The molecule has 0 unspecified atom stereocenters. The van der Waals surface area contributed by atoms with Gasteiger partial charge in [-0.3, -0.25) is 4.79 Å². The molecule has 0 saturated heterocycles. The van der Waals surface area contributed by atoms with Crippen molar-refractivity contribution in [3.8, 4) is 0 Å². The van der Waals surface area contributed by atoms with Crippen LogP contribution in [0.25, 0.3) is 0 Å². The molecule has 94 valence electrons. The summed E-state index contributed by atoms with van der Waals surface area (Å²) in [5, 5.41) is 0. The van der Waals surface area contributed by atoms with Crippen LogP contribution in [-0.4, -0.2) is 18.3 Å². The molecule has 0 fully saturated rings. The molecular weight excluding hydrogens is 238 g/mol. The molecule has 1 aliphatic rings. The molecule has 0 N–H and O–H groups in total. The number of carbonyl (C=O) groups excluding carboxylic acids is 1. The van der Waals surface area contributed by atoms with Crippen LogP contribution in [0.3, 0.4) is 0 Å². The van der Waals surface area contributed by atoms with Crippen molar-refractivity contribution >= 4 is 12.2 Å². The van der Waals surface area contributed by atoms with Crippen LogP contribution < -0.4 is 0 Å². The summed E-state index contributed by atoms with van der Waals surface area (Å²) in [5.74, 6) is 0.534. The molecule has 1 aliphatic heterocycles. The molecule has 3 rings (SSSR count). The lowest BCUT2D eigenvalue weighted by Gasteiger charge is -2.11. The van der Waals surface area contributed by atoms with Crippen LogP contribution in [0.5, 0.6) is 0 Å². The van der Waals surface area contributed by atoms with Gasteiger partial charge in [-0.25, -0.2) is 4.99 Å². The smallest absolute Gasteiger partial charge is 0.217 e. The van der Waals surface area contributed by atoms with E-state index in [9.17, 15) is 4.79 Å². The quantitative estimate of drug-likeness (QED) is 0.787. The second kappa shape index (κ2) is 5.06. The van der Waals surface area contributed by atoms with Crippen molar-refractivity contribution in [3.63, 3.8) is 0 Å². The highest BCUT2D eigenvalue weighted by molar-refractivity contribution is 5.96. The Hall–Kier alpha value is -2.42. The summed E-state index contributed by atoms with van der Waals surface area (Å²) in [7, 11) is 0. The minimum atomic E-state index is -0.544. The number of nitrogens with zero attached hydrogens (tertiary/aromatic N) is 1. The molecule has 0 bridgehead atoms. The highest BCUT2D eigenvalue weighted by Gasteiger charge is 2.32. The third kappa shape index (κ3) is 2.27.